The molecule has 0 aromatic heterocycles. The van der Waals surface area contributed by atoms with Gasteiger partial charge in [-0.3, -0.25) is 0 Å². The number of carbonyl (C=O) groups is 1. The summed E-state index contributed by atoms with van der Waals surface area (Å²) in [4.78, 5) is 16.0. The zero-order valence-electron chi connectivity index (χ0n) is 13.4. The van der Waals surface area contributed by atoms with Crippen LogP contribution in [-0.2, 0) is 4.74 Å². The third-order valence-corrected chi connectivity index (χ3v) is 3.56. The Hall–Kier alpha value is -1.82. The van der Waals surface area contributed by atoms with Gasteiger partial charge in [0, 0.05) is 31.9 Å². The topological polar surface area (TPSA) is 58.8 Å². The van der Waals surface area contributed by atoms with Gasteiger partial charge in [-0.2, -0.15) is 0 Å². The van der Waals surface area contributed by atoms with Gasteiger partial charge in [-0.15, -0.1) is 0 Å². The molecule has 0 spiro atoms. The lowest BCUT2D eigenvalue weighted by atomic mass is 10.1. The fourth-order valence-electron chi connectivity index (χ4n) is 2.52. The Bertz CT molecular complexity index is 513. The van der Waals surface area contributed by atoms with E-state index in [1.165, 1.54) is 12.1 Å². The van der Waals surface area contributed by atoms with E-state index < -0.39 is 5.60 Å². The van der Waals surface area contributed by atoms with Gasteiger partial charge in [-0.1, -0.05) is 0 Å². The summed E-state index contributed by atoms with van der Waals surface area (Å²) in [6.45, 7) is 7.66. The summed E-state index contributed by atoms with van der Waals surface area (Å²) in [5.41, 5.74) is 6.26. The fourth-order valence-corrected chi connectivity index (χ4v) is 2.52. The van der Waals surface area contributed by atoms with E-state index in [-0.39, 0.29) is 18.0 Å². The molecule has 1 unspecified atom stereocenters. The average Bonchev–Trinajstić information content (AvgIpc) is 2.45. The van der Waals surface area contributed by atoms with Crippen molar-refractivity contribution in [3.8, 4) is 0 Å². The van der Waals surface area contributed by atoms with Crippen LogP contribution in [0.15, 0.2) is 24.3 Å². The molecule has 1 aliphatic rings. The van der Waals surface area contributed by atoms with E-state index in [2.05, 4.69) is 4.90 Å². The first-order valence-electron chi connectivity index (χ1n) is 7.50. The maximum atomic E-state index is 13.0. The lowest BCUT2D eigenvalue weighted by Gasteiger charge is -2.42. The first-order chi connectivity index (χ1) is 10.3. The van der Waals surface area contributed by atoms with Gasteiger partial charge < -0.3 is 20.3 Å². The van der Waals surface area contributed by atoms with Crippen LogP contribution in [0.2, 0.25) is 0 Å². The van der Waals surface area contributed by atoms with Gasteiger partial charge in [-0.05, 0) is 45.0 Å². The van der Waals surface area contributed by atoms with Gasteiger partial charge in [0.25, 0.3) is 0 Å². The highest BCUT2D eigenvalue weighted by Crippen LogP contribution is 2.22. The summed E-state index contributed by atoms with van der Waals surface area (Å²) >= 11 is 0. The monoisotopic (exact) mass is 309 g/mol. The number of benzene rings is 1. The number of ether oxygens (including phenoxy) is 1. The second-order valence-corrected chi connectivity index (χ2v) is 6.49. The molecule has 1 amide bonds. The molecule has 1 fully saturated rings. The van der Waals surface area contributed by atoms with Crippen LogP contribution in [0.25, 0.3) is 0 Å². The minimum atomic E-state index is -0.511. The van der Waals surface area contributed by atoms with E-state index in [0.29, 0.717) is 26.2 Å². The molecule has 1 aliphatic heterocycles. The van der Waals surface area contributed by atoms with Crippen LogP contribution >= 0.6 is 0 Å². The van der Waals surface area contributed by atoms with E-state index in [1.54, 1.807) is 17.0 Å². The molecule has 1 aromatic rings. The van der Waals surface area contributed by atoms with Crippen LogP contribution in [-0.4, -0.2) is 48.8 Å². The molecule has 0 radical (unpaired) electrons. The molecule has 1 heterocycles. The number of hydrogen-bond acceptors (Lipinski definition) is 4. The van der Waals surface area contributed by atoms with Crippen molar-refractivity contribution in [2.45, 2.75) is 32.4 Å². The number of rotatable bonds is 2. The molecule has 6 heteroatoms. The largest absolute Gasteiger partial charge is 0.444 e. The molecule has 1 aromatic carbocycles. The normalized spacial score (nSPS) is 19.2. The predicted molar refractivity (Wildman–Crippen MR) is 84.4 cm³/mol. The highest BCUT2D eigenvalue weighted by atomic mass is 19.1. The van der Waals surface area contributed by atoms with E-state index >= 15 is 0 Å². The zero-order chi connectivity index (χ0) is 16.3. The Morgan fingerprint density at radius 2 is 1.95 bits per heavy atom. The van der Waals surface area contributed by atoms with Crippen LogP contribution in [0.1, 0.15) is 20.8 Å². The van der Waals surface area contributed by atoms with Crippen molar-refractivity contribution in [1.82, 2.24) is 4.90 Å². The summed E-state index contributed by atoms with van der Waals surface area (Å²) < 4.78 is 18.5. The Labute approximate surface area is 130 Å². The molecule has 0 saturated carbocycles. The zero-order valence-corrected chi connectivity index (χ0v) is 13.4. The molecular weight excluding hydrogens is 285 g/mol. The molecule has 122 valence electrons. The molecule has 0 aliphatic carbocycles. The van der Waals surface area contributed by atoms with Crippen LogP contribution in [0, 0.1) is 5.82 Å². The third kappa shape index (κ3) is 4.10. The molecule has 2 N–H and O–H groups in total. The van der Waals surface area contributed by atoms with Crippen molar-refractivity contribution in [1.29, 1.82) is 0 Å². The van der Waals surface area contributed by atoms with Gasteiger partial charge in [0.15, 0.2) is 0 Å². The van der Waals surface area contributed by atoms with E-state index in [1.807, 2.05) is 20.8 Å². The predicted octanol–water partition coefficient (Wildman–Crippen LogP) is 2.21. The molecule has 1 atom stereocenters. The van der Waals surface area contributed by atoms with Crippen molar-refractivity contribution in [3.05, 3.63) is 30.1 Å². The standard InChI is InChI=1S/C16H24FN3O2/c1-16(2,3)22-15(21)19-8-9-20(14(10-18)11-19)13-6-4-12(17)5-7-13/h4-7,14H,8-11,18H2,1-3H3. The van der Waals surface area contributed by atoms with Gasteiger partial charge in [0.2, 0.25) is 0 Å². The first kappa shape index (κ1) is 16.5. The summed E-state index contributed by atoms with van der Waals surface area (Å²) in [5, 5.41) is 0. The number of nitrogens with two attached hydrogens (primary N) is 1. The smallest absolute Gasteiger partial charge is 0.410 e. The second-order valence-electron chi connectivity index (χ2n) is 6.49. The van der Waals surface area contributed by atoms with Gasteiger partial charge in [0.1, 0.15) is 11.4 Å². The number of piperazine rings is 1. The maximum Gasteiger partial charge on any atom is 0.410 e. The minimum absolute atomic E-state index is 0.00766. The Morgan fingerprint density at radius 3 is 2.50 bits per heavy atom. The Kier molecular flexibility index (Phi) is 4.90. The third-order valence-electron chi connectivity index (χ3n) is 3.56. The van der Waals surface area contributed by atoms with Crippen molar-refractivity contribution < 1.29 is 13.9 Å². The van der Waals surface area contributed by atoms with Crippen molar-refractivity contribution >= 4 is 11.8 Å². The van der Waals surface area contributed by atoms with Crippen molar-refractivity contribution in [3.63, 3.8) is 0 Å². The van der Waals surface area contributed by atoms with Gasteiger partial charge >= 0.3 is 6.09 Å². The van der Waals surface area contributed by atoms with E-state index in [0.717, 1.165) is 5.69 Å². The second kappa shape index (κ2) is 6.52. The van der Waals surface area contributed by atoms with Gasteiger partial charge in [0.05, 0.1) is 6.04 Å². The number of anilines is 1. The number of nitrogens with zero attached hydrogens (tertiary/aromatic N) is 2. The van der Waals surface area contributed by atoms with Gasteiger partial charge in [-0.25, -0.2) is 9.18 Å². The maximum absolute atomic E-state index is 13.0. The van der Waals surface area contributed by atoms with Crippen LogP contribution in [0.4, 0.5) is 14.9 Å². The van der Waals surface area contributed by atoms with Crippen LogP contribution < -0.4 is 10.6 Å². The van der Waals surface area contributed by atoms with Crippen LogP contribution in [0.3, 0.4) is 0 Å². The molecule has 2 rings (SSSR count). The van der Waals surface area contributed by atoms with E-state index in [9.17, 15) is 9.18 Å². The minimum Gasteiger partial charge on any atom is -0.444 e. The van der Waals surface area contributed by atoms with E-state index in [4.69, 9.17) is 10.5 Å². The van der Waals surface area contributed by atoms with Crippen LogP contribution in [0.5, 0.6) is 0 Å². The lowest BCUT2D eigenvalue weighted by molar-refractivity contribution is 0.0216. The number of halogens is 1. The quantitative estimate of drug-likeness (QED) is 0.910. The summed E-state index contributed by atoms with van der Waals surface area (Å²) in [6.07, 6.45) is -0.315. The molecule has 22 heavy (non-hydrogen) atoms. The molecule has 0 bridgehead atoms. The summed E-state index contributed by atoms with van der Waals surface area (Å²) in [6, 6.07) is 6.33. The molecule has 5 nitrogen and oxygen atoms in total. The SMILES string of the molecule is CC(C)(C)OC(=O)N1CCN(c2ccc(F)cc2)C(CN)C1. The highest BCUT2D eigenvalue weighted by molar-refractivity contribution is 5.69. The first-order valence-corrected chi connectivity index (χ1v) is 7.50. The number of hydrogen-bond donors (Lipinski definition) is 1. The lowest BCUT2D eigenvalue weighted by Crippen LogP contribution is -2.58. The summed E-state index contributed by atoms with van der Waals surface area (Å²) in [7, 11) is 0. The molecule has 1 saturated heterocycles. The van der Waals surface area contributed by atoms with Crippen molar-refractivity contribution in [2.75, 3.05) is 31.1 Å². The highest BCUT2D eigenvalue weighted by Gasteiger charge is 2.31. The number of carbonyl (C=O) groups excluding carboxylic acids is 1. The number of amides is 1. The molecular formula is C16H24FN3O2. The van der Waals surface area contributed by atoms with Crippen molar-refractivity contribution in [2.24, 2.45) is 5.73 Å². The summed E-state index contributed by atoms with van der Waals surface area (Å²) in [5.74, 6) is -0.263. The fraction of sp³-hybridized carbons (Fsp3) is 0.562. The Balaban J connectivity index is 2.05. The average molecular weight is 309 g/mol. The Morgan fingerprint density at radius 1 is 1.32 bits per heavy atom.